The number of methoxy groups -OCH3 is 1. The molecular weight excluding hydrogens is 400 g/mol. The number of amides is 1. The SMILES string of the molecule is COCCNS(=O)(=O)c1cccc(C(=O)Nc2ccccc2Cc2ccccc2)c1. The van der Waals surface area contributed by atoms with Crippen molar-refractivity contribution in [2.24, 2.45) is 0 Å². The fraction of sp³-hybridized carbons (Fsp3) is 0.174. The topological polar surface area (TPSA) is 84.5 Å². The van der Waals surface area contributed by atoms with Gasteiger partial charge >= 0.3 is 0 Å². The van der Waals surface area contributed by atoms with Gasteiger partial charge in [0.1, 0.15) is 0 Å². The maximum atomic E-state index is 12.8. The summed E-state index contributed by atoms with van der Waals surface area (Å²) in [4.78, 5) is 12.8. The summed E-state index contributed by atoms with van der Waals surface area (Å²) < 4.78 is 32.1. The molecule has 0 saturated carbocycles. The standard InChI is InChI=1S/C23H24N2O4S/c1-29-15-14-24-30(27,28)21-12-7-11-20(17-21)23(26)25-22-13-6-5-10-19(22)16-18-8-3-2-4-9-18/h2-13,17,24H,14-16H2,1H3,(H,25,26). The molecule has 0 aliphatic carbocycles. The molecule has 0 aliphatic heterocycles. The summed E-state index contributed by atoms with van der Waals surface area (Å²) in [7, 11) is -2.23. The number of benzene rings is 3. The molecule has 1 amide bonds. The lowest BCUT2D eigenvalue weighted by Gasteiger charge is -2.12. The minimum absolute atomic E-state index is 0.0313. The van der Waals surface area contributed by atoms with Gasteiger partial charge in [-0.3, -0.25) is 4.79 Å². The zero-order chi connectivity index (χ0) is 21.4. The third-order valence-electron chi connectivity index (χ3n) is 4.51. The molecule has 3 rings (SSSR count). The zero-order valence-electron chi connectivity index (χ0n) is 16.7. The molecule has 6 nitrogen and oxygen atoms in total. The van der Waals surface area contributed by atoms with Crippen molar-refractivity contribution in [1.29, 1.82) is 0 Å². The summed E-state index contributed by atoms with van der Waals surface area (Å²) >= 11 is 0. The zero-order valence-corrected chi connectivity index (χ0v) is 17.5. The highest BCUT2D eigenvalue weighted by atomic mass is 32.2. The van der Waals surface area contributed by atoms with Crippen LogP contribution in [0, 0.1) is 0 Å². The lowest BCUT2D eigenvalue weighted by molar-refractivity contribution is 0.102. The van der Waals surface area contributed by atoms with Gasteiger partial charge in [0.25, 0.3) is 5.91 Å². The molecule has 0 aromatic heterocycles. The van der Waals surface area contributed by atoms with E-state index in [0.717, 1.165) is 11.1 Å². The van der Waals surface area contributed by atoms with Crippen LogP contribution in [0.25, 0.3) is 0 Å². The molecule has 30 heavy (non-hydrogen) atoms. The first-order chi connectivity index (χ1) is 14.5. The Morgan fingerprint density at radius 2 is 1.67 bits per heavy atom. The van der Waals surface area contributed by atoms with E-state index >= 15 is 0 Å². The molecule has 0 aliphatic rings. The van der Waals surface area contributed by atoms with Gasteiger partial charge in [-0.1, -0.05) is 54.6 Å². The van der Waals surface area contributed by atoms with E-state index in [4.69, 9.17) is 4.74 Å². The van der Waals surface area contributed by atoms with E-state index in [1.54, 1.807) is 12.1 Å². The van der Waals surface area contributed by atoms with Gasteiger partial charge < -0.3 is 10.1 Å². The average Bonchev–Trinajstić information content (AvgIpc) is 2.76. The summed E-state index contributed by atoms with van der Waals surface area (Å²) in [5.41, 5.74) is 3.06. The maximum Gasteiger partial charge on any atom is 0.255 e. The van der Waals surface area contributed by atoms with Gasteiger partial charge in [0.15, 0.2) is 0 Å². The van der Waals surface area contributed by atoms with Crippen LogP contribution in [-0.4, -0.2) is 34.6 Å². The molecule has 0 saturated heterocycles. The number of carbonyl (C=O) groups is 1. The number of anilines is 1. The summed E-state index contributed by atoms with van der Waals surface area (Å²) in [6.45, 7) is 0.416. The van der Waals surface area contributed by atoms with Gasteiger partial charge in [0, 0.05) is 24.9 Å². The first-order valence-corrected chi connectivity index (χ1v) is 11.0. The molecule has 0 spiro atoms. The average molecular weight is 425 g/mol. The van der Waals surface area contributed by atoms with E-state index in [1.165, 1.54) is 19.2 Å². The Kier molecular flexibility index (Phi) is 7.35. The van der Waals surface area contributed by atoms with E-state index in [-0.39, 0.29) is 29.5 Å². The van der Waals surface area contributed by atoms with Crippen LogP contribution in [0.5, 0.6) is 0 Å². The molecule has 3 aromatic rings. The number of ether oxygens (including phenoxy) is 1. The Labute approximate surface area is 177 Å². The Balaban J connectivity index is 1.77. The second-order valence-corrected chi connectivity index (χ2v) is 8.46. The molecule has 0 radical (unpaired) electrons. The monoisotopic (exact) mass is 424 g/mol. The van der Waals surface area contributed by atoms with Gasteiger partial charge in [0.05, 0.1) is 11.5 Å². The largest absolute Gasteiger partial charge is 0.383 e. The second-order valence-electron chi connectivity index (χ2n) is 6.69. The third-order valence-corrected chi connectivity index (χ3v) is 5.97. The molecule has 0 bridgehead atoms. The van der Waals surface area contributed by atoms with Crippen LogP contribution in [0.4, 0.5) is 5.69 Å². The molecule has 3 aromatic carbocycles. The van der Waals surface area contributed by atoms with Gasteiger partial charge in [-0.25, -0.2) is 13.1 Å². The second kappa shape index (κ2) is 10.2. The predicted molar refractivity (Wildman–Crippen MR) is 117 cm³/mol. The van der Waals surface area contributed by atoms with Gasteiger partial charge in [0.2, 0.25) is 10.0 Å². The normalized spacial score (nSPS) is 11.2. The lowest BCUT2D eigenvalue weighted by Crippen LogP contribution is -2.27. The van der Waals surface area contributed by atoms with Crippen molar-refractivity contribution in [3.63, 3.8) is 0 Å². The maximum absolute atomic E-state index is 12.8. The van der Waals surface area contributed by atoms with E-state index in [9.17, 15) is 13.2 Å². The number of carbonyl (C=O) groups excluding carboxylic acids is 1. The highest BCUT2D eigenvalue weighted by molar-refractivity contribution is 7.89. The summed E-state index contributed by atoms with van der Waals surface area (Å²) in [5, 5.41) is 2.90. The van der Waals surface area contributed by atoms with Crippen molar-refractivity contribution in [2.75, 3.05) is 25.6 Å². The predicted octanol–water partition coefficient (Wildman–Crippen LogP) is 3.45. The summed E-state index contributed by atoms with van der Waals surface area (Å²) in [6, 6.07) is 23.5. The minimum Gasteiger partial charge on any atom is -0.383 e. The van der Waals surface area contributed by atoms with E-state index in [1.807, 2.05) is 54.6 Å². The number of hydrogen-bond acceptors (Lipinski definition) is 4. The number of para-hydroxylation sites is 1. The molecule has 7 heteroatoms. The Hall–Kier alpha value is -3.00. The van der Waals surface area contributed by atoms with E-state index < -0.39 is 10.0 Å². The number of sulfonamides is 1. The van der Waals surface area contributed by atoms with Crippen LogP contribution in [0.3, 0.4) is 0 Å². The quantitative estimate of drug-likeness (QED) is 0.515. The van der Waals surface area contributed by atoms with Crippen molar-refractivity contribution in [3.8, 4) is 0 Å². The van der Waals surface area contributed by atoms with Crippen LogP contribution in [-0.2, 0) is 21.2 Å². The molecule has 0 fully saturated rings. The highest BCUT2D eigenvalue weighted by Gasteiger charge is 2.16. The number of nitrogens with one attached hydrogen (secondary N) is 2. The van der Waals surface area contributed by atoms with Crippen LogP contribution >= 0.6 is 0 Å². The molecule has 156 valence electrons. The fourth-order valence-corrected chi connectivity index (χ4v) is 4.03. The van der Waals surface area contributed by atoms with E-state index in [0.29, 0.717) is 12.1 Å². The first-order valence-electron chi connectivity index (χ1n) is 9.51. The highest BCUT2D eigenvalue weighted by Crippen LogP contribution is 2.20. The van der Waals surface area contributed by atoms with Crippen molar-refractivity contribution < 1.29 is 17.9 Å². The van der Waals surface area contributed by atoms with Gasteiger partial charge in [-0.05, 0) is 41.8 Å². The Bertz CT molecular complexity index is 1100. The third kappa shape index (κ3) is 5.76. The van der Waals surface area contributed by atoms with Gasteiger partial charge in [-0.15, -0.1) is 0 Å². The van der Waals surface area contributed by atoms with E-state index in [2.05, 4.69) is 10.0 Å². The van der Waals surface area contributed by atoms with Crippen molar-refractivity contribution in [1.82, 2.24) is 4.72 Å². The molecule has 0 heterocycles. The number of rotatable bonds is 9. The van der Waals surface area contributed by atoms with Gasteiger partial charge in [-0.2, -0.15) is 0 Å². The minimum atomic E-state index is -3.72. The van der Waals surface area contributed by atoms with Crippen molar-refractivity contribution in [3.05, 3.63) is 95.6 Å². The first kappa shape index (κ1) is 21.7. The lowest BCUT2D eigenvalue weighted by atomic mass is 10.0. The summed E-state index contributed by atoms with van der Waals surface area (Å²) in [5.74, 6) is -0.371. The van der Waals surface area contributed by atoms with Crippen LogP contribution in [0.1, 0.15) is 21.5 Å². The molecule has 0 atom stereocenters. The Morgan fingerprint density at radius 3 is 2.43 bits per heavy atom. The molecule has 2 N–H and O–H groups in total. The van der Waals surface area contributed by atoms with Crippen LogP contribution in [0.15, 0.2) is 83.8 Å². The summed E-state index contributed by atoms with van der Waals surface area (Å²) in [6.07, 6.45) is 0.676. The fourth-order valence-electron chi connectivity index (χ4n) is 2.97. The molecular formula is C23H24N2O4S. The van der Waals surface area contributed by atoms with Crippen molar-refractivity contribution in [2.45, 2.75) is 11.3 Å². The van der Waals surface area contributed by atoms with Crippen LogP contribution < -0.4 is 10.0 Å². The van der Waals surface area contributed by atoms with Crippen molar-refractivity contribution >= 4 is 21.6 Å². The smallest absolute Gasteiger partial charge is 0.255 e. The Morgan fingerprint density at radius 1 is 0.933 bits per heavy atom. The molecule has 0 unspecified atom stereocenters. The van der Waals surface area contributed by atoms with Crippen LogP contribution in [0.2, 0.25) is 0 Å². The number of hydrogen-bond donors (Lipinski definition) is 2.